The van der Waals surface area contributed by atoms with Gasteiger partial charge in [-0.2, -0.15) is 5.26 Å². The lowest BCUT2D eigenvalue weighted by Crippen LogP contribution is -2.27. The molecule has 2 heterocycles. The summed E-state index contributed by atoms with van der Waals surface area (Å²) in [4.78, 5) is 26.2. The van der Waals surface area contributed by atoms with Gasteiger partial charge in [0, 0.05) is 0 Å². The number of para-hydroxylation sites is 1. The fourth-order valence-corrected chi connectivity index (χ4v) is 3.56. The number of ether oxygens (including phenoxy) is 3. The van der Waals surface area contributed by atoms with Crippen molar-refractivity contribution in [2.75, 3.05) is 13.9 Å². The Kier molecular flexibility index (Phi) is 5.09. The zero-order valence-electron chi connectivity index (χ0n) is 16.8. The third-order valence-corrected chi connectivity index (χ3v) is 5.16. The van der Waals surface area contributed by atoms with E-state index in [1.54, 1.807) is 42.5 Å². The van der Waals surface area contributed by atoms with Crippen LogP contribution >= 0.6 is 0 Å². The molecule has 0 bridgehead atoms. The fraction of sp³-hybridized carbons (Fsp3) is 0.174. The maximum absolute atomic E-state index is 13.3. The molecule has 1 aromatic heterocycles. The highest BCUT2D eigenvalue weighted by atomic mass is 16.7. The Hall–Kier alpha value is -4.25. The number of benzene rings is 2. The summed E-state index contributed by atoms with van der Waals surface area (Å²) in [7, 11) is 1.43. The minimum atomic E-state index is -0.688. The highest BCUT2D eigenvalue weighted by molar-refractivity contribution is 6.13. The molecule has 0 saturated carbocycles. The van der Waals surface area contributed by atoms with Crippen molar-refractivity contribution in [2.24, 2.45) is 0 Å². The van der Waals surface area contributed by atoms with Gasteiger partial charge in [-0.15, -0.1) is 0 Å². The SMILES string of the molecule is COc1ccccc1C(=O)c1c(C)c(C#N)c(=O)n(Cc2ccc3c(c2)OCO3)c1O. The molecule has 0 amide bonds. The monoisotopic (exact) mass is 418 g/mol. The van der Waals surface area contributed by atoms with Gasteiger partial charge >= 0.3 is 0 Å². The molecule has 1 N–H and O–H groups in total. The third-order valence-electron chi connectivity index (χ3n) is 5.16. The number of carbonyl (C=O) groups is 1. The number of nitriles is 1. The maximum Gasteiger partial charge on any atom is 0.271 e. The van der Waals surface area contributed by atoms with Crippen LogP contribution in [0.3, 0.4) is 0 Å². The lowest BCUT2D eigenvalue weighted by atomic mass is 9.96. The van der Waals surface area contributed by atoms with Crippen molar-refractivity contribution in [3.05, 3.63) is 80.6 Å². The van der Waals surface area contributed by atoms with E-state index >= 15 is 0 Å². The van der Waals surface area contributed by atoms with E-state index in [4.69, 9.17) is 14.2 Å². The molecule has 0 fully saturated rings. The van der Waals surface area contributed by atoms with Crippen LogP contribution in [0, 0.1) is 18.3 Å². The summed E-state index contributed by atoms with van der Waals surface area (Å²) in [5.41, 5.74) is -0.0709. The van der Waals surface area contributed by atoms with Crippen molar-refractivity contribution in [1.29, 1.82) is 5.26 Å². The second kappa shape index (κ2) is 7.88. The van der Waals surface area contributed by atoms with Gasteiger partial charge in [-0.1, -0.05) is 18.2 Å². The van der Waals surface area contributed by atoms with Crippen LogP contribution in [-0.2, 0) is 6.54 Å². The molecule has 0 spiro atoms. The van der Waals surface area contributed by atoms with E-state index in [9.17, 15) is 20.0 Å². The van der Waals surface area contributed by atoms with Crippen LogP contribution in [0.15, 0.2) is 47.3 Å². The number of aromatic nitrogens is 1. The molecule has 0 atom stereocenters. The molecule has 0 aliphatic carbocycles. The van der Waals surface area contributed by atoms with Crippen LogP contribution < -0.4 is 19.8 Å². The molecule has 0 radical (unpaired) electrons. The summed E-state index contributed by atoms with van der Waals surface area (Å²) in [5, 5.41) is 20.5. The van der Waals surface area contributed by atoms with E-state index in [-0.39, 0.29) is 35.6 Å². The normalized spacial score (nSPS) is 11.8. The number of aromatic hydroxyl groups is 1. The van der Waals surface area contributed by atoms with Crippen LogP contribution in [-0.4, -0.2) is 29.4 Å². The molecule has 1 aliphatic rings. The van der Waals surface area contributed by atoms with Gasteiger partial charge in [0.2, 0.25) is 18.5 Å². The summed E-state index contributed by atoms with van der Waals surface area (Å²) < 4.78 is 16.9. The fourth-order valence-electron chi connectivity index (χ4n) is 3.56. The van der Waals surface area contributed by atoms with E-state index in [2.05, 4.69) is 0 Å². The van der Waals surface area contributed by atoms with Crippen LogP contribution in [0.4, 0.5) is 0 Å². The average Bonchev–Trinajstić information content (AvgIpc) is 3.25. The molecule has 4 rings (SSSR count). The number of hydrogen-bond acceptors (Lipinski definition) is 7. The Morgan fingerprint density at radius 2 is 1.97 bits per heavy atom. The molecule has 8 nitrogen and oxygen atoms in total. The van der Waals surface area contributed by atoms with Crippen LogP contribution in [0.5, 0.6) is 23.1 Å². The van der Waals surface area contributed by atoms with E-state index in [1.807, 2.05) is 6.07 Å². The smallest absolute Gasteiger partial charge is 0.271 e. The van der Waals surface area contributed by atoms with Crippen LogP contribution in [0.2, 0.25) is 0 Å². The van der Waals surface area contributed by atoms with Crippen molar-refractivity contribution in [1.82, 2.24) is 4.57 Å². The van der Waals surface area contributed by atoms with Crippen molar-refractivity contribution in [3.63, 3.8) is 0 Å². The highest BCUT2D eigenvalue weighted by Gasteiger charge is 2.27. The standard InChI is InChI=1S/C23H18N2O6/c1-13-16(10-24)22(27)25(11-14-7-8-18-19(9-14)31-12-30-18)23(28)20(13)21(26)15-5-3-4-6-17(15)29-2/h3-9,28H,11-12H2,1-2H3. The average molecular weight is 418 g/mol. The summed E-state index contributed by atoms with van der Waals surface area (Å²) >= 11 is 0. The highest BCUT2D eigenvalue weighted by Crippen LogP contribution is 2.33. The minimum absolute atomic E-state index is 0.0670. The van der Waals surface area contributed by atoms with Crippen LogP contribution in [0.25, 0.3) is 0 Å². The molecular weight excluding hydrogens is 400 g/mol. The van der Waals surface area contributed by atoms with Gasteiger partial charge in [-0.3, -0.25) is 14.2 Å². The first-order valence-electron chi connectivity index (χ1n) is 9.39. The minimum Gasteiger partial charge on any atom is -0.496 e. The van der Waals surface area contributed by atoms with Crippen molar-refractivity contribution in [3.8, 4) is 29.2 Å². The maximum atomic E-state index is 13.3. The zero-order valence-corrected chi connectivity index (χ0v) is 16.8. The predicted octanol–water partition coefficient (Wildman–Crippen LogP) is 2.75. The Morgan fingerprint density at radius 1 is 1.23 bits per heavy atom. The Bertz CT molecular complexity index is 1300. The first-order chi connectivity index (χ1) is 15.0. The van der Waals surface area contributed by atoms with Gasteiger partial charge in [0.15, 0.2) is 11.5 Å². The number of pyridine rings is 1. The molecule has 31 heavy (non-hydrogen) atoms. The summed E-state index contributed by atoms with van der Waals surface area (Å²) in [6, 6.07) is 13.5. The second-order valence-corrected chi connectivity index (χ2v) is 6.92. The van der Waals surface area contributed by atoms with Gasteiger partial charge in [-0.25, -0.2) is 0 Å². The van der Waals surface area contributed by atoms with Crippen LogP contribution in [0.1, 0.15) is 32.6 Å². The van der Waals surface area contributed by atoms with Gasteiger partial charge in [0.1, 0.15) is 17.4 Å². The number of methoxy groups -OCH3 is 1. The molecular formula is C23H18N2O6. The Balaban J connectivity index is 1.87. The molecule has 8 heteroatoms. The number of fused-ring (bicyclic) bond motifs is 1. The first kappa shape index (κ1) is 20.0. The second-order valence-electron chi connectivity index (χ2n) is 6.92. The quantitative estimate of drug-likeness (QED) is 0.634. The molecule has 156 valence electrons. The third kappa shape index (κ3) is 3.36. The Labute approximate surface area is 177 Å². The Morgan fingerprint density at radius 3 is 2.71 bits per heavy atom. The number of hydrogen-bond donors (Lipinski definition) is 1. The number of carbonyl (C=O) groups excluding carboxylic acids is 1. The summed E-state index contributed by atoms with van der Waals surface area (Å²) in [6.45, 7) is 1.50. The topological polar surface area (TPSA) is 111 Å². The van der Waals surface area contributed by atoms with Gasteiger partial charge in [-0.05, 0) is 42.3 Å². The number of nitrogens with zero attached hydrogens (tertiary/aromatic N) is 2. The molecule has 1 aliphatic heterocycles. The predicted molar refractivity (Wildman–Crippen MR) is 110 cm³/mol. The van der Waals surface area contributed by atoms with Gasteiger partial charge < -0.3 is 19.3 Å². The van der Waals surface area contributed by atoms with E-state index in [0.29, 0.717) is 22.8 Å². The van der Waals surface area contributed by atoms with E-state index < -0.39 is 17.2 Å². The summed E-state index contributed by atoms with van der Waals surface area (Å²) in [5.74, 6) is 0.341. The molecule has 0 saturated heterocycles. The van der Waals surface area contributed by atoms with Gasteiger partial charge in [0.05, 0.1) is 24.8 Å². The first-order valence-corrected chi connectivity index (χ1v) is 9.39. The van der Waals surface area contributed by atoms with Gasteiger partial charge in [0.25, 0.3) is 5.56 Å². The number of rotatable bonds is 5. The lowest BCUT2D eigenvalue weighted by molar-refractivity contribution is 0.103. The van der Waals surface area contributed by atoms with E-state index in [0.717, 1.165) is 4.57 Å². The van der Waals surface area contributed by atoms with Crippen molar-refractivity contribution in [2.45, 2.75) is 13.5 Å². The molecule has 3 aromatic rings. The molecule has 2 aromatic carbocycles. The summed E-state index contributed by atoms with van der Waals surface area (Å²) in [6.07, 6.45) is 0. The zero-order chi connectivity index (χ0) is 22.1. The lowest BCUT2D eigenvalue weighted by Gasteiger charge is -2.16. The van der Waals surface area contributed by atoms with Crippen molar-refractivity contribution >= 4 is 5.78 Å². The van der Waals surface area contributed by atoms with E-state index in [1.165, 1.54) is 14.0 Å². The molecule has 0 unspecified atom stereocenters. The largest absolute Gasteiger partial charge is 0.496 e. The van der Waals surface area contributed by atoms with Crippen molar-refractivity contribution < 1.29 is 24.1 Å². The number of ketones is 1.